The van der Waals surface area contributed by atoms with Gasteiger partial charge >= 0.3 is 11.9 Å². The summed E-state index contributed by atoms with van der Waals surface area (Å²) < 4.78 is 5.05. The van der Waals surface area contributed by atoms with Crippen molar-refractivity contribution in [2.24, 2.45) is 0 Å². The molecule has 1 heterocycles. The van der Waals surface area contributed by atoms with Gasteiger partial charge in [0.25, 0.3) is 5.91 Å². The highest BCUT2D eigenvalue weighted by atomic mass is 16.5. The van der Waals surface area contributed by atoms with Crippen molar-refractivity contribution < 1.29 is 34.4 Å². The predicted molar refractivity (Wildman–Crippen MR) is 97.4 cm³/mol. The lowest BCUT2D eigenvalue weighted by Gasteiger charge is -2.24. The standard InChI is InChI=1S/C20H19NO7/c1-10-7-12-15(22)9-13(17(23)16(12)20(27)28-10)18(24)21-14(19(25)26)8-11-5-3-2-4-6-11/h2-6,9-10,14,22-23H,7-8H2,1H3,(H,21,24)(H,25,26)/t10-,14+/m1/s1. The van der Waals surface area contributed by atoms with Gasteiger partial charge in [0.1, 0.15) is 29.2 Å². The summed E-state index contributed by atoms with van der Waals surface area (Å²) in [7, 11) is 0. The van der Waals surface area contributed by atoms with Crippen molar-refractivity contribution in [2.45, 2.75) is 31.9 Å². The van der Waals surface area contributed by atoms with E-state index in [4.69, 9.17) is 4.74 Å². The monoisotopic (exact) mass is 385 g/mol. The van der Waals surface area contributed by atoms with Crippen LogP contribution < -0.4 is 5.32 Å². The Bertz CT molecular complexity index is 939. The first-order chi connectivity index (χ1) is 13.3. The number of fused-ring (bicyclic) bond motifs is 1. The number of esters is 1. The molecule has 4 N–H and O–H groups in total. The number of hydrogen-bond donors (Lipinski definition) is 4. The molecule has 3 rings (SSSR count). The number of rotatable bonds is 5. The zero-order valence-corrected chi connectivity index (χ0v) is 15.0. The molecule has 0 aromatic heterocycles. The van der Waals surface area contributed by atoms with Crippen LogP contribution >= 0.6 is 0 Å². The molecule has 2 aromatic rings. The SMILES string of the molecule is C[C@@H]1Cc2c(O)cc(C(=O)N[C@@H](Cc3ccccc3)C(=O)O)c(O)c2C(=O)O1. The highest BCUT2D eigenvalue weighted by Crippen LogP contribution is 2.37. The fraction of sp³-hybridized carbons (Fsp3) is 0.250. The number of hydrogen-bond acceptors (Lipinski definition) is 6. The molecule has 0 saturated heterocycles. The second-order valence-corrected chi connectivity index (χ2v) is 6.62. The molecular formula is C20H19NO7. The number of aliphatic carboxylic acids is 1. The van der Waals surface area contributed by atoms with Crippen molar-refractivity contribution >= 4 is 17.8 Å². The molecule has 8 nitrogen and oxygen atoms in total. The largest absolute Gasteiger partial charge is 0.508 e. The second kappa shape index (κ2) is 7.59. The van der Waals surface area contributed by atoms with Crippen LogP contribution in [0.2, 0.25) is 0 Å². The van der Waals surface area contributed by atoms with Crippen LogP contribution in [-0.4, -0.2) is 45.3 Å². The first-order valence-corrected chi connectivity index (χ1v) is 8.64. The van der Waals surface area contributed by atoms with Gasteiger partial charge in [0.05, 0.1) is 5.56 Å². The van der Waals surface area contributed by atoms with E-state index in [1.807, 2.05) is 0 Å². The molecule has 0 aliphatic carbocycles. The van der Waals surface area contributed by atoms with E-state index >= 15 is 0 Å². The summed E-state index contributed by atoms with van der Waals surface area (Å²) in [5, 5.41) is 32.4. The molecule has 0 bridgehead atoms. The highest BCUT2D eigenvalue weighted by molar-refractivity contribution is 6.05. The number of aromatic hydroxyl groups is 2. The Balaban J connectivity index is 1.89. The number of phenols is 2. The lowest BCUT2D eigenvalue weighted by molar-refractivity contribution is -0.139. The molecule has 28 heavy (non-hydrogen) atoms. The quantitative estimate of drug-likeness (QED) is 0.454. The molecule has 146 valence electrons. The Morgan fingerprint density at radius 2 is 1.93 bits per heavy atom. The van der Waals surface area contributed by atoms with E-state index in [1.165, 1.54) is 0 Å². The molecule has 2 aromatic carbocycles. The van der Waals surface area contributed by atoms with Crippen molar-refractivity contribution in [1.29, 1.82) is 0 Å². The van der Waals surface area contributed by atoms with Gasteiger partial charge in [-0.15, -0.1) is 0 Å². The van der Waals surface area contributed by atoms with Crippen molar-refractivity contribution in [3.63, 3.8) is 0 Å². The third-order valence-corrected chi connectivity index (χ3v) is 4.52. The minimum Gasteiger partial charge on any atom is -0.508 e. The van der Waals surface area contributed by atoms with Crippen LogP contribution in [0.25, 0.3) is 0 Å². The molecule has 0 radical (unpaired) electrons. The van der Waals surface area contributed by atoms with Gasteiger partial charge < -0.3 is 25.4 Å². The Morgan fingerprint density at radius 3 is 2.57 bits per heavy atom. The van der Waals surface area contributed by atoms with Crippen molar-refractivity contribution in [3.8, 4) is 11.5 Å². The number of cyclic esters (lactones) is 1. The number of ether oxygens (including phenoxy) is 1. The second-order valence-electron chi connectivity index (χ2n) is 6.62. The van der Waals surface area contributed by atoms with Gasteiger partial charge in [0.15, 0.2) is 0 Å². The normalized spacial score (nSPS) is 16.6. The van der Waals surface area contributed by atoms with E-state index in [2.05, 4.69) is 5.32 Å². The van der Waals surface area contributed by atoms with Gasteiger partial charge in [-0.05, 0) is 18.6 Å². The maximum atomic E-state index is 12.6. The van der Waals surface area contributed by atoms with Gasteiger partial charge in [-0.3, -0.25) is 4.79 Å². The molecule has 2 atom stereocenters. The Hall–Kier alpha value is -3.55. The number of carbonyl (C=O) groups is 3. The van der Waals surface area contributed by atoms with Crippen LogP contribution in [0.15, 0.2) is 36.4 Å². The third-order valence-electron chi connectivity index (χ3n) is 4.52. The molecule has 1 amide bonds. The van der Waals surface area contributed by atoms with E-state index in [-0.39, 0.29) is 29.7 Å². The third kappa shape index (κ3) is 3.75. The Kier molecular flexibility index (Phi) is 5.21. The van der Waals surface area contributed by atoms with Gasteiger partial charge in [-0.1, -0.05) is 30.3 Å². The van der Waals surface area contributed by atoms with E-state index < -0.39 is 41.3 Å². The summed E-state index contributed by atoms with van der Waals surface area (Å²) >= 11 is 0. The van der Waals surface area contributed by atoms with Crippen LogP contribution in [0, 0.1) is 0 Å². The summed E-state index contributed by atoms with van der Waals surface area (Å²) in [5.74, 6) is -4.02. The maximum absolute atomic E-state index is 12.6. The van der Waals surface area contributed by atoms with Crippen LogP contribution in [0.5, 0.6) is 11.5 Å². The van der Waals surface area contributed by atoms with Crippen LogP contribution in [0.4, 0.5) is 0 Å². The van der Waals surface area contributed by atoms with E-state index in [1.54, 1.807) is 37.3 Å². The first kappa shape index (κ1) is 19.2. The summed E-state index contributed by atoms with van der Waals surface area (Å²) in [6.45, 7) is 1.64. The van der Waals surface area contributed by atoms with Crippen molar-refractivity contribution in [3.05, 3.63) is 58.7 Å². The molecular weight excluding hydrogens is 366 g/mol. The number of amides is 1. The fourth-order valence-corrected chi connectivity index (χ4v) is 3.15. The number of carbonyl (C=O) groups excluding carboxylic acids is 2. The number of carboxylic acid groups (broad SMARTS) is 1. The number of nitrogens with one attached hydrogen (secondary N) is 1. The molecule has 1 aliphatic rings. The van der Waals surface area contributed by atoms with Crippen molar-refractivity contribution in [2.75, 3.05) is 0 Å². The Morgan fingerprint density at radius 1 is 1.25 bits per heavy atom. The first-order valence-electron chi connectivity index (χ1n) is 8.64. The molecule has 1 aliphatic heterocycles. The fourth-order valence-electron chi connectivity index (χ4n) is 3.15. The lowest BCUT2D eigenvalue weighted by Crippen LogP contribution is -2.42. The number of carboxylic acids is 1. The highest BCUT2D eigenvalue weighted by Gasteiger charge is 2.33. The van der Waals surface area contributed by atoms with Gasteiger partial charge in [0, 0.05) is 18.4 Å². The average Bonchev–Trinajstić information content (AvgIpc) is 2.64. The van der Waals surface area contributed by atoms with E-state index in [0.29, 0.717) is 5.56 Å². The van der Waals surface area contributed by atoms with E-state index in [0.717, 1.165) is 6.07 Å². The Labute approximate surface area is 160 Å². The van der Waals surface area contributed by atoms with E-state index in [9.17, 15) is 29.7 Å². The zero-order chi connectivity index (χ0) is 20.4. The molecule has 8 heteroatoms. The predicted octanol–water partition coefficient (Wildman–Crippen LogP) is 1.62. The molecule has 0 unspecified atom stereocenters. The molecule has 0 fully saturated rings. The summed E-state index contributed by atoms with van der Waals surface area (Å²) in [6, 6.07) is 8.48. The number of phenolic OH excluding ortho intramolecular Hbond substituents is 2. The average molecular weight is 385 g/mol. The minimum absolute atomic E-state index is 0.0269. The van der Waals surface area contributed by atoms with Crippen LogP contribution in [-0.2, 0) is 22.4 Å². The summed E-state index contributed by atoms with van der Waals surface area (Å²) in [6.07, 6.45) is -0.264. The summed E-state index contributed by atoms with van der Waals surface area (Å²) in [4.78, 5) is 36.2. The topological polar surface area (TPSA) is 133 Å². The molecule has 0 saturated carbocycles. The lowest BCUT2D eigenvalue weighted by atomic mass is 9.94. The molecule has 0 spiro atoms. The van der Waals surface area contributed by atoms with Gasteiger partial charge in [0.2, 0.25) is 0 Å². The zero-order valence-electron chi connectivity index (χ0n) is 15.0. The van der Waals surface area contributed by atoms with Crippen LogP contribution in [0.1, 0.15) is 38.8 Å². The van der Waals surface area contributed by atoms with Gasteiger partial charge in [-0.2, -0.15) is 0 Å². The number of benzene rings is 2. The summed E-state index contributed by atoms with van der Waals surface area (Å²) in [5.41, 5.74) is 0.211. The minimum atomic E-state index is -1.26. The van der Waals surface area contributed by atoms with Gasteiger partial charge in [-0.25, -0.2) is 9.59 Å². The van der Waals surface area contributed by atoms with Crippen LogP contribution in [0.3, 0.4) is 0 Å². The maximum Gasteiger partial charge on any atom is 0.342 e. The van der Waals surface area contributed by atoms with Crippen molar-refractivity contribution in [1.82, 2.24) is 5.32 Å². The smallest absolute Gasteiger partial charge is 0.342 e.